The molecule has 0 saturated carbocycles. The van der Waals surface area contributed by atoms with E-state index in [0.29, 0.717) is 10.7 Å². The lowest BCUT2D eigenvalue weighted by molar-refractivity contribution is 0.0472. The van der Waals surface area contributed by atoms with Crippen molar-refractivity contribution in [3.05, 3.63) is 65.7 Å². The fraction of sp³-hybridized carbons (Fsp3) is 0.0667. The Kier molecular flexibility index (Phi) is 4.15. The van der Waals surface area contributed by atoms with Crippen LogP contribution in [-0.4, -0.2) is 26.2 Å². The summed E-state index contributed by atoms with van der Waals surface area (Å²) in [4.78, 5) is 12.0. The molecule has 0 unspecified atom stereocenters. The molecular formula is C15H12N4O2S. The highest BCUT2D eigenvalue weighted by Crippen LogP contribution is 2.13. The molecule has 0 aliphatic rings. The first-order valence-electron chi connectivity index (χ1n) is 6.53. The normalized spacial score (nSPS) is 10.4. The Bertz CT molecular complexity index is 772. The quantitative estimate of drug-likeness (QED) is 0.591. The zero-order valence-electron chi connectivity index (χ0n) is 11.5. The highest BCUT2D eigenvalue weighted by Gasteiger charge is 2.09. The van der Waals surface area contributed by atoms with E-state index in [-0.39, 0.29) is 12.6 Å². The molecule has 0 bridgehead atoms. The second-order valence-electron chi connectivity index (χ2n) is 4.50. The molecule has 7 heteroatoms. The van der Waals surface area contributed by atoms with Gasteiger partial charge >= 0.3 is 5.97 Å². The van der Waals surface area contributed by atoms with E-state index in [9.17, 15) is 4.79 Å². The predicted molar refractivity (Wildman–Crippen MR) is 82.0 cm³/mol. The van der Waals surface area contributed by atoms with Gasteiger partial charge in [0.2, 0.25) is 5.16 Å². The van der Waals surface area contributed by atoms with Crippen LogP contribution in [0, 0.1) is 0 Å². The summed E-state index contributed by atoms with van der Waals surface area (Å²) in [6.45, 7) is 0.245. The summed E-state index contributed by atoms with van der Waals surface area (Å²) < 4.78 is 6.73. The van der Waals surface area contributed by atoms with Crippen molar-refractivity contribution in [3.63, 3.8) is 0 Å². The molecule has 0 atom stereocenters. The van der Waals surface area contributed by atoms with Gasteiger partial charge in [0.05, 0.1) is 11.3 Å². The third kappa shape index (κ3) is 3.15. The number of hydrogen-bond donors (Lipinski definition) is 1. The summed E-state index contributed by atoms with van der Waals surface area (Å²) in [5, 5.41) is 11.4. The van der Waals surface area contributed by atoms with Gasteiger partial charge in [-0.15, -0.1) is 17.7 Å². The number of ether oxygens (including phenoxy) is 1. The number of nitrogens with zero attached hydrogens (tertiary/aromatic N) is 4. The molecule has 3 aromatic rings. The monoisotopic (exact) mass is 312 g/mol. The van der Waals surface area contributed by atoms with Gasteiger partial charge < -0.3 is 4.74 Å². The third-order valence-corrected chi connectivity index (χ3v) is 3.29. The van der Waals surface area contributed by atoms with E-state index in [0.717, 1.165) is 11.3 Å². The van der Waals surface area contributed by atoms with Gasteiger partial charge in [-0.05, 0) is 40.3 Å². The van der Waals surface area contributed by atoms with Crippen LogP contribution in [0.15, 0.2) is 59.8 Å². The molecule has 1 heterocycles. The maximum Gasteiger partial charge on any atom is 0.338 e. The summed E-state index contributed by atoms with van der Waals surface area (Å²) in [6, 6.07) is 16.3. The van der Waals surface area contributed by atoms with Crippen molar-refractivity contribution in [2.75, 3.05) is 0 Å². The van der Waals surface area contributed by atoms with Gasteiger partial charge in [0, 0.05) is 0 Å². The Morgan fingerprint density at radius 2 is 1.82 bits per heavy atom. The van der Waals surface area contributed by atoms with E-state index in [1.807, 2.05) is 30.3 Å². The maximum absolute atomic E-state index is 12.0. The Hall–Kier alpha value is -2.67. The lowest BCUT2D eigenvalue weighted by atomic mass is 10.2. The Morgan fingerprint density at radius 3 is 2.45 bits per heavy atom. The smallest absolute Gasteiger partial charge is 0.338 e. The maximum atomic E-state index is 12.0. The topological polar surface area (TPSA) is 69.9 Å². The summed E-state index contributed by atoms with van der Waals surface area (Å²) in [5.41, 5.74) is 2.13. The molecule has 2 aromatic carbocycles. The van der Waals surface area contributed by atoms with Crippen LogP contribution < -0.4 is 0 Å². The summed E-state index contributed by atoms with van der Waals surface area (Å²) >= 11 is 4.14. The van der Waals surface area contributed by atoms with Crippen molar-refractivity contribution >= 4 is 18.6 Å². The Morgan fingerprint density at radius 1 is 1.09 bits per heavy atom. The molecule has 0 radical (unpaired) electrons. The van der Waals surface area contributed by atoms with Gasteiger partial charge in [-0.1, -0.05) is 30.3 Å². The van der Waals surface area contributed by atoms with Gasteiger partial charge in [-0.2, -0.15) is 4.68 Å². The predicted octanol–water partition coefficient (Wildman–Crippen LogP) is 2.31. The van der Waals surface area contributed by atoms with Crippen molar-refractivity contribution in [1.29, 1.82) is 0 Å². The summed E-state index contributed by atoms with van der Waals surface area (Å²) in [5.74, 6) is -0.377. The van der Waals surface area contributed by atoms with Crippen molar-refractivity contribution in [2.24, 2.45) is 0 Å². The van der Waals surface area contributed by atoms with Crippen molar-refractivity contribution in [1.82, 2.24) is 20.2 Å². The number of carbonyl (C=O) groups is 1. The van der Waals surface area contributed by atoms with E-state index in [2.05, 4.69) is 28.2 Å². The number of hydrogen-bond acceptors (Lipinski definition) is 6. The largest absolute Gasteiger partial charge is 0.457 e. The van der Waals surface area contributed by atoms with Crippen LogP contribution in [0.4, 0.5) is 0 Å². The number of carbonyl (C=O) groups excluding carboxylic acids is 1. The first kappa shape index (κ1) is 14.3. The number of tetrazole rings is 1. The molecule has 0 fully saturated rings. The van der Waals surface area contributed by atoms with Crippen LogP contribution in [0.25, 0.3) is 5.69 Å². The minimum atomic E-state index is -0.377. The average molecular weight is 312 g/mol. The van der Waals surface area contributed by atoms with Crippen LogP contribution >= 0.6 is 12.6 Å². The molecule has 3 rings (SSSR count). The zero-order valence-corrected chi connectivity index (χ0v) is 12.4. The molecule has 0 N–H and O–H groups in total. The highest BCUT2D eigenvalue weighted by atomic mass is 32.1. The van der Waals surface area contributed by atoms with Crippen LogP contribution in [0.2, 0.25) is 0 Å². The molecule has 0 amide bonds. The van der Waals surface area contributed by atoms with Gasteiger partial charge in [-0.25, -0.2) is 4.79 Å². The van der Waals surface area contributed by atoms with Crippen LogP contribution in [0.5, 0.6) is 0 Å². The second kappa shape index (κ2) is 6.40. The van der Waals surface area contributed by atoms with Crippen LogP contribution in [0.1, 0.15) is 15.9 Å². The van der Waals surface area contributed by atoms with E-state index >= 15 is 0 Å². The standard InChI is InChI=1S/C15H12N4O2S/c20-14(21-10-11-4-2-1-3-5-11)12-6-8-13(9-7-12)19-15(22)16-17-18-19/h1-9H,10H2,(H,16,18,22). The number of aromatic nitrogens is 4. The van der Waals surface area contributed by atoms with Crippen molar-refractivity contribution < 1.29 is 9.53 Å². The summed E-state index contributed by atoms with van der Waals surface area (Å²) in [6.07, 6.45) is 0. The SMILES string of the molecule is O=C(OCc1ccccc1)c1ccc(-n2nnnc2S)cc1. The second-order valence-corrected chi connectivity index (χ2v) is 4.90. The molecule has 6 nitrogen and oxygen atoms in total. The molecule has 0 aliphatic carbocycles. The van der Waals surface area contributed by atoms with Crippen LogP contribution in [-0.2, 0) is 11.3 Å². The summed E-state index contributed by atoms with van der Waals surface area (Å²) in [7, 11) is 0. The lowest BCUT2D eigenvalue weighted by Crippen LogP contribution is -2.06. The van der Waals surface area contributed by atoms with Gasteiger partial charge in [0.15, 0.2) is 0 Å². The van der Waals surface area contributed by atoms with Gasteiger partial charge in [0.1, 0.15) is 6.61 Å². The number of esters is 1. The van der Waals surface area contributed by atoms with Crippen molar-refractivity contribution in [2.45, 2.75) is 11.8 Å². The molecule has 0 aliphatic heterocycles. The Labute approximate surface area is 132 Å². The molecular weight excluding hydrogens is 300 g/mol. The first-order valence-corrected chi connectivity index (χ1v) is 6.97. The van der Waals surface area contributed by atoms with E-state index < -0.39 is 0 Å². The molecule has 110 valence electrons. The van der Waals surface area contributed by atoms with E-state index in [1.54, 1.807) is 24.3 Å². The van der Waals surface area contributed by atoms with Crippen molar-refractivity contribution in [3.8, 4) is 5.69 Å². The first-order chi connectivity index (χ1) is 10.7. The van der Waals surface area contributed by atoms with E-state index in [4.69, 9.17) is 4.74 Å². The lowest BCUT2D eigenvalue weighted by Gasteiger charge is -2.06. The van der Waals surface area contributed by atoms with E-state index in [1.165, 1.54) is 4.68 Å². The third-order valence-electron chi connectivity index (χ3n) is 3.01. The van der Waals surface area contributed by atoms with Crippen LogP contribution in [0.3, 0.4) is 0 Å². The van der Waals surface area contributed by atoms with Gasteiger partial charge in [0.25, 0.3) is 0 Å². The minimum absolute atomic E-state index is 0.245. The zero-order chi connectivity index (χ0) is 15.4. The molecule has 0 saturated heterocycles. The fourth-order valence-electron chi connectivity index (χ4n) is 1.89. The molecule has 1 aromatic heterocycles. The average Bonchev–Trinajstić information content (AvgIpc) is 3.00. The number of benzene rings is 2. The van der Waals surface area contributed by atoms with Gasteiger partial charge in [-0.3, -0.25) is 0 Å². The molecule has 22 heavy (non-hydrogen) atoms. The number of rotatable bonds is 4. The fourth-order valence-corrected chi connectivity index (χ4v) is 2.09. The number of thiol groups is 1. The minimum Gasteiger partial charge on any atom is -0.457 e. The highest BCUT2D eigenvalue weighted by molar-refractivity contribution is 7.80. The Balaban J connectivity index is 1.67. The molecule has 0 spiro atoms.